The highest BCUT2D eigenvalue weighted by atomic mass is 79.9. The number of carbonyl (C=O) groups is 2. The molecule has 0 radical (unpaired) electrons. The van der Waals surface area contributed by atoms with Crippen molar-refractivity contribution in [1.82, 2.24) is 4.90 Å². The second-order valence-electron chi connectivity index (χ2n) is 12.5. The van der Waals surface area contributed by atoms with E-state index in [2.05, 4.69) is 55.4 Å². The van der Waals surface area contributed by atoms with E-state index in [-0.39, 0.29) is 22.4 Å². The summed E-state index contributed by atoms with van der Waals surface area (Å²) in [6, 6.07) is 3.99. The fourth-order valence-electron chi connectivity index (χ4n) is 6.25. The van der Waals surface area contributed by atoms with E-state index >= 15 is 0 Å². The molecule has 6 heteroatoms. The molecule has 0 bridgehead atoms. The minimum absolute atomic E-state index is 0.116. The average Bonchev–Trinajstić information content (AvgIpc) is 2.79. The molecule has 0 atom stereocenters. The van der Waals surface area contributed by atoms with Gasteiger partial charge < -0.3 is 14.4 Å². The Labute approximate surface area is 230 Å². The maximum atomic E-state index is 13.7. The predicted octanol–water partition coefficient (Wildman–Crippen LogP) is 7.73. The topological polar surface area (TPSA) is 55.8 Å². The maximum absolute atomic E-state index is 13.7. The number of methoxy groups -OCH3 is 1. The fourth-order valence-corrected chi connectivity index (χ4v) is 6.82. The van der Waals surface area contributed by atoms with E-state index in [4.69, 9.17) is 9.47 Å². The molecule has 0 saturated heterocycles. The van der Waals surface area contributed by atoms with Crippen molar-refractivity contribution in [2.45, 2.75) is 91.9 Å². The summed E-state index contributed by atoms with van der Waals surface area (Å²) < 4.78 is 12.7. The Balaban J connectivity index is 1.82. The van der Waals surface area contributed by atoms with E-state index in [9.17, 15) is 9.59 Å². The lowest BCUT2D eigenvalue weighted by Crippen LogP contribution is -2.43. The van der Waals surface area contributed by atoms with E-state index in [0.29, 0.717) is 30.9 Å². The molecule has 0 fully saturated rings. The largest absolute Gasteiger partial charge is 0.493 e. The van der Waals surface area contributed by atoms with Crippen LogP contribution in [0.2, 0.25) is 0 Å². The molecule has 0 unspecified atom stereocenters. The molecule has 0 aromatic heterocycles. The van der Waals surface area contributed by atoms with Crippen LogP contribution in [0.3, 0.4) is 0 Å². The van der Waals surface area contributed by atoms with Crippen molar-refractivity contribution in [3.8, 4) is 11.5 Å². The van der Waals surface area contributed by atoms with Gasteiger partial charge in [0.15, 0.2) is 23.1 Å². The van der Waals surface area contributed by atoms with E-state index in [1.807, 2.05) is 19.2 Å². The first-order valence-corrected chi connectivity index (χ1v) is 14.4. The van der Waals surface area contributed by atoms with Crippen LogP contribution in [0.1, 0.15) is 97.5 Å². The highest BCUT2D eigenvalue weighted by Gasteiger charge is 2.48. The van der Waals surface area contributed by atoms with Gasteiger partial charge in [-0.15, -0.1) is 0 Å². The summed E-state index contributed by atoms with van der Waals surface area (Å²) >= 11 is 3.73. The average molecular weight is 573 g/mol. The van der Waals surface area contributed by atoms with Crippen molar-refractivity contribution in [2.24, 2.45) is 10.8 Å². The van der Waals surface area contributed by atoms with E-state index in [1.54, 1.807) is 7.11 Å². The van der Waals surface area contributed by atoms with Gasteiger partial charge in [0, 0.05) is 48.3 Å². The summed E-state index contributed by atoms with van der Waals surface area (Å²) in [6.45, 7) is 11.4. The lowest BCUT2D eigenvalue weighted by Gasteiger charge is -2.48. The summed E-state index contributed by atoms with van der Waals surface area (Å²) in [5.74, 6) is 1.18. The van der Waals surface area contributed by atoms with Crippen LogP contribution in [0.15, 0.2) is 39.1 Å². The van der Waals surface area contributed by atoms with Gasteiger partial charge in [0.05, 0.1) is 18.2 Å². The zero-order chi connectivity index (χ0) is 27.1. The van der Waals surface area contributed by atoms with Gasteiger partial charge in [-0.05, 0) is 63.7 Å². The molecule has 0 amide bonds. The van der Waals surface area contributed by atoms with E-state index in [1.165, 1.54) is 12.8 Å². The minimum Gasteiger partial charge on any atom is -0.493 e. The molecule has 5 nitrogen and oxygen atoms in total. The number of hydrogen-bond donors (Lipinski definition) is 0. The SMILES string of the molecule is CCCCCCOc1c(Br)cc(C2C3=C(CC(C)(C)CC3=O)N(C)C3=C2C(=O)CC(C)(C)C3)cc1OC. The van der Waals surface area contributed by atoms with Gasteiger partial charge in [-0.25, -0.2) is 0 Å². The summed E-state index contributed by atoms with van der Waals surface area (Å²) in [6.07, 6.45) is 7.08. The molecule has 0 saturated carbocycles. The standard InChI is InChI=1S/C31H42BrNO4/c1-8-9-10-11-12-37-29-20(32)13-19(14-25(29)36-7)26-27-21(15-30(2,3)17-23(27)34)33(6)22-16-31(4,5)18-24(35)28(22)26/h13-14,26H,8-12,15-18H2,1-7H3. The van der Waals surface area contributed by atoms with Gasteiger partial charge in [0.2, 0.25) is 0 Å². The Kier molecular flexibility index (Phi) is 8.00. The van der Waals surface area contributed by atoms with E-state index in [0.717, 1.165) is 58.3 Å². The Morgan fingerprint density at radius 3 is 2.00 bits per heavy atom. The van der Waals surface area contributed by atoms with Crippen molar-refractivity contribution >= 4 is 27.5 Å². The van der Waals surface area contributed by atoms with Gasteiger partial charge in [0.1, 0.15) is 0 Å². The van der Waals surface area contributed by atoms with Crippen molar-refractivity contribution < 1.29 is 19.1 Å². The number of rotatable bonds is 8. The Bertz CT molecular complexity index is 1110. The molecule has 0 spiro atoms. The lowest BCUT2D eigenvalue weighted by molar-refractivity contribution is -0.119. The van der Waals surface area contributed by atoms with Crippen molar-refractivity contribution in [1.29, 1.82) is 0 Å². The fraction of sp³-hybridized carbons (Fsp3) is 0.613. The lowest BCUT2D eigenvalue weighted by atomic mass is 9.64. The number of Topliss-reactive ketones (excluding diaryl/α,β-unsaturated/α-hetero) is 2. The Hall–Kier alpha value is -2.08. The number of ether oxygens (including phenoxy) is 2. The monoisotopic (exact) mass is 571 g/mol. The quantitative estimate of drug-likeness (QED) is 0.299. The van der Waals surface area contributed by atoms with Gasteiger partial charge >= 0.3 is 0 Å². The molecular formula is C31H42BrNO4. The highest BCUT2D eigenvalue weighted by Crippen LogP contribution is 2.55. The number of carbonyl (C=O) groups excluding carboxylic acids is 2. The number of ketones is 2. The Morgan fingerprint density at radius 2 is 1.49 bits per heavy atom. The summed E-state index contributed by atoms with van der Waals surface area (Å²) in [7, 11) is 3.68. The minimum atomic E-state index is -0.391. The van der Waals surface area contributed by atoms with Gasteiger partial charge in [0.25, 0.3) is 0 Å². The van der Waals surface area contributed by atoms with Crippen molar-refractivity contribution in [3.05, 3.63) is 44.7 Å². The summed E-state index contributed by atoms with van der Waals surface area (Å²) in [5.41, 5.74) is 4.33. The molecule has 202 valence electrons. The summed E-state index contributed by atoms with van der Waals surface area (Å²) in [4.78, 5) is 29.6. The van der Waals surface area contributed by atoms with Crippen LogP contribution in [-0.2, 0) is 9.59 Å². The maximum Gasteiger partial charge on any atom is 0.175 e. The second kappa shape index (κ2) is 10.6. The molecule has 1 aromatic rings. The molecule has 2 aliphatic carbocycles. The first-order valence-electron chi connectivity index (χ1n) is 13.7. The first kappa shape index (κ1) is 27.9. The van der Waals surface area contributed by atoms with Crippen molar-refractivity contribution in [3.63, 3.8) is 0 Å². The highest BCUT2D eigenvalue weighted by molar-refractivity contribution is 9.10. The molecule has 1 heterocycles. The third-order valence-corrected chi connectivity index (χ3v) is 8.60. The molecular weight excluding hydrogens is 530 g/mol. The van der Waals surface area contributed by atoms with Crippen LogP contribution in [0.25, 0.3) is 0 Å². The first-order chi connectivity index (χ1) is 17.4. The molecule has 0 N–H and O–H groups in total. The van der Waals surface area contributed by atoms with Crippen LogP contribution in [0.5, 0.6) is 11.5 Å². The third-order valence-electron chi connectivity index (χ3n) is 8.01. The zero-order valence-corrected chi connectivity index (χ0v) is 25.1. The Morgan fingerprint density at radius 1 is 0.919 bits per heavy atom. The summed E-state index contributed by atoms with van der Waals surface area (Å²) in [5, 5.41) is 0. The van der Waals surface area contributed by atoms with Crippen LogP contribution < -0.4 is 9.47 Å². The second-order valence-corrected chi connectivity index (χ2v) is 13.4. The van der Waals surface area contributed by atoms with Crippen LogP contribution in [-0.4, -0.2) is 37.2 Å². The number of hydrogen-bond acceptors (Lipinski definition) is 5. The van der Waals surface area contributed by atoms with Gasteiger partial charge in [-0.1, -0.05) is 53.9 Å². The smallest absolute Gasteiger partial charge is 0.175 e. The van der Waals surface area contributed by atoms with Crippen molar-refractivity contribution in [2.75, 3.05) is 20.8 Å². The number of unbranched alkanes of at least 4 members (excludes halogenated alkanes) is 3. The van der Waals surface area contributed by atoms with Gasteiger partial charge in [-0.2, -0.15) is 0 Å². The number of halogens is 1. The number of benzene rings is 1. The van der Waals surface area contributed by atoms with Crippen LogP contribution in [0.4, 0.5) is 0 Å². The zero-order valence-electron chi connectivity index (χ0n) is 23.6. The number of allylic oxidation sites excluding steroid dienone is 4. The third kappa shape index (κ3) is 5.55. The van der Waals surface area contributed by atoms with E-state index < -0.39 is 5.92 Å². The molecule has 37 heavy (non-hydrogen) atoms. The van der Waals surface area contributed by atoms with Gasteiger partial charge in [-0.3, -0.25) is 9.59 Å². The van der Waals surface area contributed by atoms with Crippen LogP contribution >= 0.6 is 15.9 Å². The molecule has 1 aliphatic heterocycles. The normalized spacial score (nSPS) is 21.2. The molecule has 4 rings (SSSR count). The molecule has 1 aromatic carbocycles. The number of nitrogens with zero attached hydrogens (tertiary/aromatic N) is 1. The predicted molar refractivity (Wildman–Crippen MR) is 151 cm³/mol. The molecule has 3 aliphatic rings. The van der Waals surface area contributed by atoms with Crippen LogP contribution in [0, 0.1) is 10.8 Å².